The lowest BCUT2D eigenvalue weighted by atomic mass is 10.2. The van der Waals surface area contributed by atoms with Crippen molar-refractivity contribution < 1.29 is 9.18 Å². The molecule has 0 aliphatic heterocycles. The van der Waals surface area contributed by atoms with E-state index in [9.17, 15) is 9.18 Å². The first-order valence-corrected chi connectivity index (χ1v) is 7.15. The SMILES string of the molecule is CN(CCN(C)C1CCCC1)C(=O)c1ccncc1F. The van der Waals surface area contributed by atoms with E-state index in [1.807, 2.05) is 0 Å². The van der Waals surface area contributed by atoms with E-state index in [4.69, 9.17) is 0 Å². The second-order valence-electron chi connectivity index (χ2n) is 5.50. The van der Waals surface area contributed by atoms with E-state index in [2.05, 4.69) is 16.9 Å². The summed E-state index contributed by atoms with van der Waals surface area (Å²) >= 11 is 0. The summed E-state index contributed by atoms with van der Waals surface area (Å²) in [6.45, 7) is 1.42. The lowest BCUT2D eigenvalue weighted by Gasteiger charge is -2.26. The van der Waals surface area contributed by atoms with Gasteiger partial charge in [0.1, 0.15) is 0 Å². The molecule has 0 aromatic carbocycles. The predicted molar refractivity (Wildman–Crippen MR) is 76.0 cm³/mol. The molecule has 0 unspecified atom stereocenters. The summed E-state index contributed by atoms with van der Waals surface area (Å²) in [5.41, 5.74) is 0.0889. The first-order chi connectivity index (χ1) is 9.59. The summed E-state index contributed by atoms with van der Waals surface area (Å²) in [5.74, 6) is -0.849. The maximum atomic E-state index is 13.5. The average molecular weight is 279 g/mol. The molecule has 1 fully saturated rings. The van der Waals surface area contributed by atoms with Gasteiger partial charge in [0.2, 0.25) is 0 Å². The van der Waals surface area contributed by atoms with E-state index < -0.39 is 5.82 Å². The molecular formula is C15H22FN3O. The highest BCUT2D eigenvalue weighted by atomic mass is 19.1. The molecule has 110 valence electrons. The molecule has 0 bridgehead atoms. The van der Waals surface area contributed by atoms with E-state index in [1.54, 1.807) is 11.9 Å². The summed E-state index contributed by atoms with van der Waals surface area (Å²) in [5, 5.41) is 0. The van der Waals surface area contributed by atoms with Crippen LogP contribution in [-0.2, 0) is 0 Å². The molecule has 0 N–H and O–H groups in total. The Labute approximate surface area is 119 Å². The van der Waals surface area contributed by atoms with Crippen LogP contribution >= 0.6 is 0 Å². The van der Waals surface area contributed by atoms with Gasteiger partial charge >= 0.3 is 0 Å². The van der Waals surface area contributed by atoms with Crippen molar-refractivity contribution in [1.29, 1.82) is 0 Å². The van der Waals surface area contributed by atoms with Crippen molar-refractivity contribution in [3.05, 3.63) is 29.8 Å². The molecule has 0 atom stereocenters. The van der Waals surface area contributed by atoms with Crippen LogP contribution in [0.2, 0.25) is 0 Å². The predicted octanol–water partition coefficient (Wildman–Crippen LogP) is 2.17. The summed E-state index contributed by atoms with van der Waals surface area (Å²) in [7, 11) is 3.81. The molecule has 4 nitrogen and oxygen atoms in total. The van der Waals surface area contributed by atoms with E-state index in [0.29, 0.717) is 12.6 Å². The van der Waals surface area contributed by atoms with E-state index in [0.717, 1.165) is 12.7 Å². The number of likely N-dealkylation sites (N-methyl/N-ethyl adjacent to an activating group) is 2. The third-order valence-electron chi connectivity index (χ3n) is 4.09. The summed E-state index contributed by atoms with van der Waals surface area (Å²) in [4.78, 5) is 19.7. The Morgan fingerprint density at radius 1 is 1.35 bits per heavy atom. The molecule has 1 saturated carbocycles. The minimum absolute atomic E-state index is 0.0889. The van der Waals surface area contributed by atoms with Crippen LogP contribution in [-0.4, -0.2) is 53.9 Å². The lowest BCUT2D eigenvalue weighted by molar-refractivity contribution is 0.0769. The van der Waals surface area contributed by atoms with E-state index in [1.165, 1.54) is 37.9 Å². The van der Waals surface area contributed by atoms with Crippen molar-refractivity contribution in [3.8, 4) is 0 Å². The highest BCUT2D eigenvalue weighted by molar-refractivity contribution is 5.94. The Kier molecular flexibility index (Phi) is 5.06. The van der Waals surface area contributed by atoms with Crippen LogP contribution in [0, 0.1) is 5.82 Å². The first kappa shape index (κ1) is 14.9. The standard InChI is InChI=1S/C15H22FN3O/c1-18(12-5-3-4-6-12)9-10-19(2)15(20)13-7-8-17-11-14(13)16/h7-8,11-12H,3-6,9-10H2,1-2H3. The normalized spacial score (nSPS) is 15.8. The van der Waals surface area contributed by atoms with Gasteiger partial charge in [-0.15, -0.1) is 0 Å². The summed E-state index contributed by atoms with van der Waals surface area (Å²) < 4.78 is 13.5. The van der Waals surface area contributed by atoms with Crippen molar-refractivity contribution in [1.82, 2.24) is 14.8 Å². The Bertz CT molecular complexity index is 460. The highest BCUT2D eigenvalue weighted by Gasteiger charge is 2.21. The van der Waals surface area contributed by atoms with Crippen LogP contribution in [0.4, 0.5) is 4.39 Å². The fourth-order valence-corrected chi connectivity index (χ4v) is 2.69. The quantitative estimate of drug-likeness (QED) is 0.829. The number of hydrogen-bond donors (Lipinski definition) is 0. The molecule has 1 aliphatic rings. The lowest BCUT2D eigenvalue weighted by Crippen LogP contribution is -2.38. The maximum Gasteiger partial charge on any atom is 0.256 e. The number of carbonyl (C=O) groups excluding carboxylic acids is 1. The van der Waals surface area contributed by atoms with Gasteiger partial charge in [0.05, 0.1) is 11.8 Å². The molecule has 1 heterocycles. The molecule has 2 rings (SSSR count). The van der Waals surface area contributed by atoms with Gasteiger partial charge in [-0.25, -0.2) is 4.39 Å². The van der Waals surface area contributed by atoms with Crippen LogP contribution in [0.1, 0.15) is 36.0 Å². The van der Waals surface area contributed by atoms with Gasteiger partial charge < -0.3 is 9.80 Å². The van der Waals surface area contributed by atoms with Gasteiger partial charge in [-0.1, -0.05) is 12.8 Å². The van der Waals surface area contributed by atoms with Gasteiger partial charge in [0.15, 0.2) is 5.82 Å². The zero-order chi connectivity index (χ0) is 14.5. The van der Waals surface area contributed by atoms with E-state index >= 15 is 0 Å². The molecular weight excluding hydrogens is 257 g/mol. The minimum Gasteiger partial charge on any atom is -0.340 e. The maximum absolute atomic E-state index is 13.5. The second kappa shape index (κ2) is 6.79. The summed E-state index contributed by atoms with van der Waals surface area (Å²) in [6, 6.07) is 2.06. The van der Waals surface area contributed by atoms with Crippen molar-refractivity contribution in [2.45, 2.75) is 31.7 Å². The van der Waals surface area contributed by atoms with Crippen LogP contribution in [0.15, 0.2) is 18.5 Å². The van der Waals surface area contributed by atoms with Gasteiger partial charge in [-0.2, -0.15) is 0 Å². The fraction of sp³-hybridized carbons (Fsp3) is 0.600. The Morgan fingerprint density at radius 2 is 2.05 bits per heavy atom. The number of rotatable bonds is 5. The third-order valence-corrected chi connectivity index (χ3v) is 4.09. The Hall–Kier alpha value is -1.49. The van der Waals surface area contributed by atoms with Gasteiger partial charge in [-0.05, 0) is 26.0 Å². The van der Waals surface area contributed by atoms with Gasteiger partial charge in [0, 0.05) is 32.4 Å². The van der Waals surface area contributed by atoms with Gasteiger partial charge in [-0.3, -0.25) is 9.78 Å². The number of pyridine rings is 1. The smallest absolute Gasteiger partial charge is 0.256 e. The molecule has 5 heteroatoms. The van der Waals surface area contributed by atoms with E-state index in [-0.39, 0.29) is 11.5 Å². The molecule has 0 saturated heterocycles. The van der Waals surface area contributed by atoms with Crippen LogP contribution < -0.4 is 0 Å². The number of halogens is 1. The van der Waals surface area contributed by atoms with Crippen molar-refractivity contribution in [3.63, 3.8) is 0 Å². The average Bonchev–Trinajstić information content (AvgIpc) is 2.98. The summed E-state index contributed by atoms with van der Waals surface area (Å²) in [6.07, 6.45) is 7.60. The van der Waals surface area contributed by atoms with Crippen LogP contribution in [0.25, 0.3) is 0 Å². The molecule has 1 aromatic heterocycles. The second-order valence-corrected chi connectivity index (χ2v) is 5.50. The Balaban J connectivity index is 1.86. The zero-order valence-corrected chi connectivity index (χ0v) is 12.2. The number of nitrogens with zero attached hydrogens (tertiary/aromatic N) is 3. The molecule has 0 spiro atoms. The van der Waals surface area contributed by atoms with Crippen molar-refractivity contribution in [2.75, 3.05) is 27.2 Å². The topological polar surface area (TPSA) is 36.4 Å². The van der Waals surface area contributed by atoms with Crippen molar-refractivity contribution in [2.24, 2.45) is 0 Å². The van der Waals surface area contributed by atoms with Crippen molar-refractivity contribution >= 4 is 5.91 Å². The van der Waals surface area contributed by atoms with Crippen LogP contribution in [0.3, 0.4) is 0 Å². The molecule has 1 aromatic rings. The fourth-order valence-electron chi connectivity index (χ4n) is 2.69. The number of amides is 1. The molecule has 1 aliphatic carbocycles. The highest BCUT2D eigenvalue weighted by Crippen LogP contribution is 2.22. The first-order valence-electron chi connectivity index (χ1n) is 7.15. The monoisotopic (exact) mass is 279 g/mol. The molecule has 20 heavy (non-hydrogen) atoms. The number of aromatic nitrogens is 1. The third kappa shape index (κ3) is 3.54. The number of carbonyl (C=O) groups is 1. The largest absolute Gasteiger partial charge is 0.340 e. The Morgan fingerprint density at radius 3 is 2.70 bits per heavy atom. The van der Waals surface area contributed by atoms with Gasteiger partial charge in [0.25, 0.3) is 5.91 Å². The molecule has 0 radical (unpaired) electrons. The number of hydrogen-bond acceptors (Lipinski definition) is 3. The molecule has 1 amide bonds. The van der Waals surface area contributed by atoms with Crippen LogP contribution in [0.5, 0.6) is 0 Å². The minimum atomic E-state index is -0.562. The zero-order valence-electron chi connectivity index (χ0n) is 12.2.